The number of aromatic nitrogens is 1. The van der Waals surface area contributed by atoms with E-state index in [1.807, 2.05) is 0 Å². The number of nitrogens with zero attached hydrogens (tertiary/aromatic N) is 1. The molecule has 0 aliphatic carbocycles. The lowest BCUT2D eigenvalue weighted by Crippen LogP contribution is -2.14. The normalized spacial score (nSPS) is 11.9. The molecule has 158 valence electrons. The molecule has 12 heteroatoms. The van der Waals surface area contributed by atoms with Gasteiger partial charge in [0.2, 0.25) is 0 Å². The molecule has 0 amide bonds. The van der Waals surface area contributed by atoms with Crippen molar-refractivity contribution in [1.29, 1.82) is 0 Å². The third-order valence-corrected chi connectivity index (χ3v) is 6.18. The van der Waals surface area contributed by atoms with Gasteiger partial charge in [0.15, 0.2) is 5.03 Å². The molecule has 0 spiro atoms. The summed E-state index contributed by atoms with van der Waals surface area (Å²) in [6.45, 7) is 0. The lowest BCUT2D eigenvalue weighted by Gasteiger charge is -2.11. The van der Waals surface area contributed by atoms with Crippen LogP contribution >= 0.6 is 11.3 Å². The monoisotopic (exact) mass is 458 g/mol. The summed E-state index contributed by atoms with van der Waals surface area (Å²) in [4.78, 5) is 15.0. The Labute approximate surface area is 172 Å². The Morgan fingerprint density at radius 2 is 1.93 bits per heavy atom. The van der Waals surface area contributed by atoms with Crippen molar-refractivity contribution in [3.63, 3.8) is 0 Å². The maximum atomic E-state index is 12.9. The van der Waals surface area contributed by atoms with Crippen molar-refractivity contribution in [3.05, 3.63) is 59.0 Å². The van der Waals surface area contributed by atoms with Gasteiger partial charge >= 0.3 is 12.1 Å². The van der Waals surface area contributed by atoms with Crippen LogP contribution in [0.3, 0.4) is 0 Å². The number of anilines is 1. The van der Waals surface area contributed by atoms with E-state index in [1.54, 1.807) is 0 Å². The maximum absolute atomic E-state index is 12.9. The predicted molar refractivity (Wildman–Crippen MR) is 103 cm³/mol. The number of aromatic carboxylic acids is 1. The van der Waals surface area contributed by atoms with Gasteiger partial charge in [0.05, 0.1) is 23.9 Å². The van der Waals surface area contributed by atoms with Gasteiger partial charge in [-0.2, -0.15) is 21.6 Å². The SMILES string of the molecule is COc1cc(C(=O)O)ccc1NS(=O)(=O)c1csc(-c2cccc(C(F)(F)F)c2)n1. The summed E-state index contributed by atoms with van der Waals surface area (Å²) < 4.78 is 71.2. The van der Waals surface area contributed by atoms with Gasteiger partial charge in [-0.15, -0.1) is 11.3 Å². The van der Waals surface area contributed by atoms with Crippen LogP contribution in [0.5, 0.6) is 5.75 Å². The van der Waals surface area contributed by atoms with Gasteiger partial charge in [-0.05, 0) is 30.3 Å². The average Bonchev–Trinajstić information content (AvgIpc) is 3.18. The van der Waals surface area contributed by atoms with Gasteiger partial charge < -0.3 is 9.84 Å². The molecule has 3 rings (SSSR count). The number of hydrogen-bond donors (Lipinski definition) is 2. The molecule has 0 aliphatic rings. The Hall–Kier alpha value is -3.12. The van der Waals surface area contributed by atoms with E-state index >= 15 is 0 Å². The number of ether oxygens (including phenoxy) is 1. The molecule has 0 saturated heterocycles. The minimum atomic E-state index is -4.54. The molecule has 30 heavy (non-hydrogen) atoms. The summed E-state index contributed by atoms with van der Waals surface area (Å²) in [6, 6.07) is 7.96. The molecule has 0 fully saturated rings. The van der Waals surface area contributed by atoms with Gasteiger partial charge in [0.25, 0.3) is 10.0 Å². The Morgan fingerprint density at radius 1 is 1.20 bits per heavy atom. The molecular weight excluding hydrogens is 445 g/mol. The smallest absolute Gasteiger partial charge is 0.416 e. The standard InChI is InChI=1S/C18H13F3N2O5S2/c1-28-14-8-11(17(24)25)5-6-13(14)23-30(26,27)15-9-29-16(22-15)10-3-2-4-12(7-10)18(19,20)21/h2-9,23H,1H3,(H,24,25). The molecule has 1 heterocycles. The molecule has 7 nitrogen and oxygen atoms in total. The number of carboxylic acids is 1. The summed E-state index contributed by atoms with van der Waals surface area (Å²) in [5.41, 5.74) is -0.868. The number of nitrogens with one attached hydrogen (secondary N) is 1. The first-order valence-corrected chi connectivity index (χ1v) is 10.4. The zero-order valence-electron chi connectivity index (χ0n) is 15.1. The first-order valence-electron chi connectivity index (χ1n) is 8.08. The van der Waals surface area contributed by atoms with Crippen molar-refractivity contribution >= 4 is 33.0 Å². The zero-order chi connectivity index (χ0) is 22.1. The van der Waals surface area contributed by atoms with Gasteiger partial charge in [-0.25, -0.2) is 9.78 Å². The van der Waals surface area contributed by atoms with Crippen molar-refractivity contribution < 1.29 is 36.2 Å². The summed E-state index contributed by atoms with van der Waals surface area (Å²) in [7, 11) is -2.96. The summed E-state index contributed by atoms with van der Waals surface area (Å²) in [5, 5.41) is 9.90. The number of sulfonamides is 1. The van der Waals surface area contributed by atoms with Crippen molar-refractivity contribution in [2.75, 3.05) is 11.8 Å². The predicted octanol–water partition coefficient (Wildman–Crippen LogP) is 4.34. The van der Waals surface area contributed by atoms with Crippen molar-refractivity contribution in [2.45, 2.75) is 11.2 Å². The molecule has 0 aliphatic heterocycles. The van der Waals surface area contributed by atoms with E-state index in [-0.39, 0.29) is 27.6 Å². The molecule has 3 aromatic rings. The highest BCUT2D eigenvalue weighted by atomic mass is 32.2. The lowest BCUT2D eigenvalue weighted by molar-refractivity contribution is -0.137. The average molecular weight is 458 g/mol. The van der Waals surface area contributed by atoms with E-state index in [0.29, 0.717) is 0 Å². The van der Waals surface area contributed by atoms with E-state index in [9.17, 15) is 26.4 Å². The Morgan fingerprint density at radius 3 is 2.57 bits per heavy atom. The summed E-state index contributed by atoms with van der Waals surface area (Å²) in [5.74, 6) is -1.24. The summed E-state index contributed by atoms with van der Waals surface area (Å²) in [6.07, 6.45) is -4.54. The number of benzene rings is 2. The third kappa shape index (κ3) is 4.54. The molecule has 1 aromatic heterocycles. The molecule has 0 radical (unpaired) electrons. The zero-order valence-corrected chi connectivity index (χ0v) is 16.7. The number of carboxylic acid groups (broad SMARTS) is 1. The fourth-order valence-corrected chi connectivity index (χ4v) is 4.61. The minimum absolute atomic E-state index is 0.0175. The highest BCUT2D eigenvalue weighted by molar-refractivity contribution is 7.92. The first-order chi connectivity index (χ1) is 14.0. The van der Waals surface area contributed by atoms with E-state index < -0.39 is 32.8 Å². The van der Waals surface area contributed by atoms with Crippen LogP contribution in [-0.2, 0) is 16.2 Å². The number of thiazole rings is 1. The van der Waals surface area contributed by atoms with Crippen LogP contribution in [0.4, 0.5) is 18.9 Å². The van der Waals surface area contributed by atoms with Gasteiger partial charge in [0.1, 0.15) is 10.8 Å². The van der Waals surface area contributed by atoms with Crippen LogP contribution < -0.4 is 9.46 Å². The van der Waals surface area contributed by atoms with Gasteiger partial charge in [-0.3, -0.25) is 4.72 Å². The number of carbonyl (C=O) groups is 1. The largest absolute Gasteiger partial charge is 0.495 e. The van der Waals surface area contributed by atoms with Crippen LogP contribution in [0.25, 0.3) is 10.6 Å². The van der Waals surface area contributed by atoms with E-state index in [2.05, 4.69) is 9.71 Å². The van der Waals surface area contributed by atoms with Crippen molar-refractivity contribution in [1.82, 2.24) is 4.98 Å². The Balaban J connectivity index is 1.91. The fourth-order valence-electron chi connectivity index (χ4n) is 2.45. The molecule has 2 N–H and O–H groups in total. The van der Waals surface area contributed by atoms with Crippen LogP contribution in [0.1, 0.15) is 15.9 Å². The van der Waals surface area contributed by atoms with Crippen molar-refractivity contribution in [2.24, 2.45) is 0 Å². The molecule has 0 atom stereocenters. The fraction of sp³-hybridized carbons (Fsp3) is 0.111. The van der Waals surface area contributed by atoms with Crippen LogP contribution in [0.15, 0.2) is 52.9 Å². The van der Waals surface area contributed by atoms with Gasteiger partial charge in [0, 0.05) is 10.9 Å². The molecule has 2 aromatic carbocycles. The lowest BCUT2D eigenvalue weighted by atomic mass is 10.1. The van der Waals surface area contributed by atoms with Crippen LogP contribution in [0, 0.1) is 0 Å². The van der Waals surface area contributed by atoms with Gasteiger partial charge in [-0.1, -0.05) is 12.1 Å². The number of rotatable bonds is 6. The second kappa shape index (κ2) is 7.95. The quantitative estimate of drug-likeness (QED) is 0.569. The highest BCUT2D eigenvalue weighted by Crippen LogP contribution is 2.34. The first kappa shape index (κ1) is 21.6. The van der Waals surface area contributed by atoms with E-state index in [0.717, 1.165) is 29.5 Å². The number of alkyl halides is 3. The topological polar surface area (TPSA) is 106 Å². The minimum Gasteiger partial charge on any atom is -0.495 e. The molecular formula is C18H13F3N2O5S2. The number of hydrogen-bond acceptors (Lipinski definition) is 6. The van der Waals surface area contributed by atoms with Crippen molar-refractivity contribution in [3.8, 4) is 16.3 Å². The third-order valence-electron chi connectivity index (χ3n) is 3.89. The van der Waals surface area contributed by atoms with Crippen LogP contribution in [-0.4, -0.2) is 31.6 Å². The molecule has 0 bridgehead atoms. The second-order valence-corrected chi connectivity index (χ2v) is 8.38. The van der Waals surface area contributed by atoms with Crippen LogP contribution in [0.2, 0.25) is 0 Å². The summed E-state index contributed by atoms with van der Waals surface area (Å²) >= 11 is 0.869. The van der Waals surface area contributed by atoms with E-state index in [1.165, 1.54) is 36.8 Å². The Kier molecular flexibility index (Phi) is 5.72. The molecule has 0 unspecified atom stereocenters. The van der Waals surface area contributed by atoms with E-state index in [4.69, 9.17) is 9.84 Å². The maximum Gasteiger partial charge on any atom is 0.416 e. The highest BCUT2D eigenvalue weighted by Gasteiger charge is 2.31. The second-order valence-electron chi connectivity index (χ2n) is 5.90. The molecule has 0 saturated carbocycles. The number of methoxy groups -OCH3 is 1. The number of halogens is 3. The Bertz CT molecular complexity index is 1210.